The molecule has 1 N–H and O–H groups in total. The second-order valence-corrected chi connectivity index (χ2v) is 5.47. The Balaban J connectivity index is 1.66. The van der Waals surface area contributed by atoms with E-state index in [4.69, 9.17) is 9.15 Å². The number of nitrogens with one attached hydrogen (secondary N) is 1. The molecule has 0 radical (unpaired) electrons. The lowest BCUT2D eigenvalue weighted by atomic mass is 10.1. The lowest BCUT2D eigenvalue weighted by molar-refractivity contribution is 0.0916. The van der Waals surface area contributed by atoms with Crippen LogP contribution in [0.2, 0.25) is 0 Å². The van der Waals surface area contributed by atoms with Gasteiger partial charge in [0.1, 0.15) is 12.4 Å². The summed E-state index contributed by atoms with van der Waals surface area (Å²) in [6, 6.07) is 9.35. The van der Waals surface area contributed by atoms with Crippen LogP contribution in [-0.4, -0.2) is 19.1 Å². The summed E-state index contributed by atoms with van der Waals surface area (Å²) < 4.78 is 11.5. The number of carbonyl (C=O) groups excluding carboxylic acids is 1. The Kier molecular flexibility index (Phi) is 6.02. The zero-order valence-electron chi connectivity index (χ0n) is 11.9. The fourth-order valence-electron chi connectivity index (χ4n) is 1.86. The minimum absolute atomic E-state index is 0.0726. The van der Waals surface area contributed by atoms with Crippen molar-refractivity contribution in [1.29, 1.82) is 0 Å². The predicted molar refractivity (Wildman–Crippen MR) is 84.2 cm³/mol. The van der Waals surface area contributed by atoms with Crippen molar-refractivity contribution in [3.05, 3.63) is 58.0 Å². The molecule has 0 saturated heterocycles. The molecule has 0 fully saturated rings. The summed E-state index contributed by atoms with van der Waals surface area (Å²) >= 11 is 3.44. The lowest BCUT2D eigenvalue weighted by Gasteiger charge is -2.08. The molecule has 0 atom stereocenters. The minimum atomic E-state index is -0.0726. The molecule has 1 aromatic heterocycles. The van der Waals surface area contributed by atoms with Crippen LogP contribution in [0.1, 0.15) is 28.1 Å². The SMILES string of the molecule is Cc1cccc(C(=O)NCCCOCc2ccco2)c1Br. The molecule has 0 aliphatic heterocycles. The highest BCUT2D eigenvalue weighted by molar-refractivity contribution is 9.10. The van der Waals surface area contributed by atoms with E-state index in [-0.39, 0.29) is 5.91 Å². The molecule has 0 saturated carbocycles. The molecule has 2 rings (SSSR count). The number of hydrogen-bond donors (Lipinski definition) is 1. The summed E-state index contributed by atoms with van der Waals surface area (Å²) in [7, 11) is 0. The highest BCUT2D eigenvalue weighted by Crippen LogP contribution is 2.20. The molecule has 1 aromatic carbocycles. The molecule has 21 heavy (non-hydrogen) atoms. The van der Waals surface area contributed by atoms with E-state index >= 15 is 0 Å². The van der Waals surface area contributed by atoms with E-state index in [1.54, 1.807) is 12.3 Å². The second-order valence-electron chi connectivity index (χ2n) is 4.68. The topological polar surface area (TPSA) is 51.5 Å². The highest BCUT2D eigenvalue weighted by atomic mass is 79.9. The molecule has 0 aliphatic rings. The van der Waals surface area contributed by atoms with Gasteiger partial charge in [-0.1, -0.05) is 12.1 Å². The average molecular weight is 352 g/mol. The maximum absolute atomic E-state index is 12.0. The summed E-state index contributed by atoms with van der Waals surface area (Å²) in [4.78, 5) is 12.0. The molecule has 5 heteroatoms. The van der Waals surface area contributed by atoms with E-state index in [1.807, 2.05) is 31.2 Å². The van der Waals surface area contributed by atoms with E-state index < -0.39 is 0 Å². The standard InChI is InChI=1S/C16H18BrNO3/c1-12-5-2-7-14(15(12)17)16(19)18-8-4-9-20-11-13-6-3-10-21-13/h2-3,5-7,10H,4,8-9,11H2,1H3,(H,18,19). The Morgan fingerprint density at radius 3 is 2.95 bits per heavy atom. The fourth-order valence-corrected chi connectivity index (χ4v) is 2.31. The quantitative estimate of drug-likeness (QED) is 0.774. The monoisotopic (exact) mass is 351 g/mol. The van der Waals surface area contributed by atoms with Crippen molar-refractivity contribution >= 4 is 21.8 Å². The molecule has 2 aromatic rings. The molecule has 0 aliphatic carbocycles. The molecule has 112 valence electrons. The van der Waals surface area contributed by atoms with Gasteiger partial charge in [-0.25, -0.2) is 0 Å². The molecular formula is C16H18BrNO3. The third-order valence-corrected chi connectivity index (χ3v) is 4.06. The van der Waals surface area contributed by atoms with E-state index in [0.717, 1.165) is 22.2 Å². The molecule has 0 spiro atoms. The van der Waals surface area contributed by atoms with Gasteiger partial charge >= 0.3 is 0 Å². The number of halogens is 1. The average Bonchev–Trinajstić information content (AvgIpc) is 2.98. The normalized spacial score (nSPS) is 10.6. The van der Waals surface area contributed by atoms with Crippen molar-refractivity contribution in [3.8, 4) is 0 Å². The smallest absolute Gasteiger partial charge is 0.252 e. The lowest BCUT2D eigenvalue weighted by Crippen LogP contribution is -2.25. The van der Waals surface area contributed by atoms with Gasteiger partial charge < -0.3 is 14.5 Å². The van der Waals surface area contributed by atoms with E-state index in [9.17, 15) is 4.79 Å². The zero-order chi connectivity index (χ0) is 15.1. The number of furan rings is 1. The van der Waals surface area contributed by atoms with Crippen LogP contribution in [0.5, 0.6) is 0 Å². The third-order valence-electron chi connectivity index (χ3n) is 3.01. The van der Waals surface area contributed by atoms with Gasteiger partial charge in [-0.3, -0.25) is 4.79 Å². The van der Waals surface area contributed by atoms with Gasteiger partial charge in [-0.15, -0.1) is 0 Å². The predicted octanol–water partition coefficient (Wildman–Crippen LogP) is 3.69. The molecule has 0 unspecified atom stereocenters. The van der Waals surface area contributed by atoms with E-state index in [0.29, 0.717) is 25.3 Å². The van der Waals surface area contributed by atoms with Gasteiger partial charge in [0, 0.05) is 17.6 Å². The largest absolute Gasteiger partial charge is 0.467 e. The number of benzene rings is 1. The summed E-state index contributed by atoms with van der Waals surface area (Å²) in [5, 5.41) is 2.89. The van der Waals surface area contributed by atoms with Crippen molar-refractivity contribution in [1.82, 2.24) is 5.32 Å². The first-order valence-corrected chi connectivity index (χ1v) is 7.61. The number of ether oxygens (including phenoxy) is 1. The molecule has 0 bridgehead atoms. The van der Waals surface area contributed by atoms with Crippen LogP contribution in [0.3, 0.4) is 0 Å². The van der Waals surface area contributed by atoms with Crippen LogP contribution in [0.15, 0.2) is 45.5 Å². The van der Waals surface area contributed by atoms with Gasteiger partial charge in [-0.2, -0.15) is 0 Å². The Morgan fingerprint density at radius 2 is 2.19 bits per heavy atom. The fraction of sp³-hybridized carbons (Fsp3) is 0.312. The molecule has 1 heterocycles. The first kappa shape index (κ1) is 15.8. The Bertz CT molecular complexity index is 581. The minimum Gasteiger partial charge on any atom is -0.467 e. The number of rotatable bonds is 7. The van der Waals surface area contributed by atoms with Crippen LogP contribution in [0.4, 0.5) is 0 Å². The van der Waals surface area contributed by atoms with Crippen LogP contribution in [0.25, 0.3) is 0 Å². The van der Waals surface area contributed by atoms with Crippen molar-refractivity contribution in [2.45, 2.75) is 20.0 Å². The number of hydrogen-bond acceptors (Lipinski definition) is 3. The molecule has 4 nitrogen and oxygen atoms in total. The third kappa shape index (κ3) is 4.72. The molecule has 1 amide bonds. The van der Waals surface area contributed by atoms with Crippen molar-refractivity contribution in [2.75, 3.05) is 13.2 Å². The van der Waals surface area contributed by atoms with Crippen LogP contribution in [0, 0.1) is 6.92 Å². The Hall–Kier alpha value is -1.59. The van der Waals surface area contributed by atoms with Crippen molar-refractivity contribution in [3.63, 3.8) is 0 Å². The van der Waals surface area contributed by atoms with E-state index in [1.165, 1.54) is 0 Å². The van der Waals surface area contributed by atoms with Gasteiger partial charge in [0.15, 0.2) is 0 Å². The van der Waals surface area contributed by atoms with Crippen molar-refractivity contribution in [2.24, 2.45) is 0 Å². The maximum atomic E-state index is 12.0. The van der Waals surface area contributed by atoms with Crippen molar-refractivity contribution < 1.29 is 13.9 Å². The zero-order valence-corrected chi connectivity index (χ0v) is 13.5. The van der Waals surface area contributed by atoms with Gasteiger partial charge in [0.25, 0.3) is 5.91 Å². The van der Waals surface area contributed by atoms with E-state index in [2.05, 4.69) is 21.2 Å². The van der Waals surface area contributed by atoms with Gasteiger partial charge in [0.2, 0.25) is 0 Å². The Morgan fingerprint density at radius 1 is 1.33 bits per heavy atom. The van der Waals surface area contributed by atoms with Crippen LogP contribution in [-0.2, 0) is 11.3 Å². The summed E-state index contributed by atoms with van der Waals surface area (Å²) in [5.41, 5.74) is 1.70. The summed E-state index contributed by atoms with van der Waals surface area (Å²) in [6.07, 6.45) is 2.38. The first-order chi connectivity index (χ1) is 10.2. The number of carbonyl (C=O) groups is 1. The number of amides is 1. The second kappa shape index (κ2) is 8.00. The molecular weight excluding hydrogens is 334 g/mol. The van der Waals surface area contributed by atoms with Crippen LogP contribution < -0.4 is 5.32 Å². The summed E-state index contributed by atoms with van der Waals surface area (Å²) in [6.45, 7) is 3.58. The first-order valence-electron chi connectivity index (χ1n) is 6.82. The van der Waals surface area contributed by atoms with Crippen LogP contribution >= 0.6 is 15.9 Å². The highest BCUT2D eigenvalue weighted by Gasteiger charge is 2.10. The maximum Gasteiger partial charge on any atom is 0.252 e. The number of aryl methyl sites for hydroxylation is 1. The Labute approximate surface area is 132 Å². The van der Waals surface area contributed by atoms with Gasteiger partial charge in [0.05, 0.1) is 11.8 Å². The van der Waals surface area contributed by atoms with Gasteiger partial charge in [-0.05, 0) is 53.0 Å². The summed E-state index contributed by atoms with van der Waals surface area (Å²) in [5.74, 6) is 0.735.